The molecular weight excluding hydrogens is 251 g/mol. The van der Waals surface area contributed by atoms with Crippen molar-refractivity contribution in [1.82, 2.24) is 4.90 Å². The van der Waals surface area contributed by atoms with Crippen molar-refractivity contribution in [1.29, 1.82) is 0 Å². The van der Waals surface area contributed by atoms with Gasteiger partial charge in [-0.1, -0.05) is 38.3 Å². The highest BCUT2D eigenvalue weighted by molar-refractivity contribution is 5.22. The van der Waals surface area contributed by atoms with Crippen LogP contribution in [-0.2, 0) is 0 Å². The summed E-state index contributed by atoms with van der Waals surface area (Å²) in [6.07, 6.45) is 7.31. The average Bonchev–Trinajstić information content (AvgIpc) is 2.41. The Hall–Kier alpha value is -0.930. The molecule has 1 aromatic rings. The normalized spacial score (nSPS) is 20.9. The molecule has 1 aliphatic rings. The van der Waals surface area contributed by atoms with Crippen molar-refractivity contribution < 1.29 is 4.39 Å². The summed E-state index contributed by atoms with van der Waals surface area (Å²) in [5, 5.41) is 0. The smallest absolute Gasteiger partial charge is 0.123 e. The minimum atomic E-state index is -0.164. The molecule has 0 amide bonds. The lowest BCUT2D eigenvalue weighted by molar-refractivity contribution is 0.154. The van der Waals surface area contributed by atoms with E-state index in [1.807, 2.05) is 6.07 Å². The summed E-state index contributed by atoms with van der Waals surface area (Å²) in [7, 11) is 0. The van der Waals surface area contributed by atoms with Crippen molar-refractivity contribution >= 4 is 0 Å². The van der Waals surface area contributed by atoms with Gasteiger partial charge in [0.2, 0.25) is 0 Å². The van der Waals surface area contributed by atoms with Gasteiger partial charge in [-0.25, -0.2) is 4.39 Å². The Labute approximate surface area is 122 Å². The molecule has 0 spiro atoms. The zero-order chi connectivity index (χ0) is 14.4. The number of likely N-dealkylation sites (tertiary alicyclic amines) is 1. The number of nitrogens with two attached hydrogens (primary N) is 1. The lowest BCUT2D eigenvalue weighted by Gasteiger charge is -2.36. The number of halogens is 1. The molecule has 1 heterocycles. The fourth-order valence-electron chi connectivity index (χ4n) is 3.19. The number of benzene rings is 1. The Morgan fingerprint density at radius 1 is 1.15 bits per heavy atom. The molecule has 0 saturated carbocycles. The van der Waals surface area contributed by atoms with Gasteiger partial charge in [-0.15, -0.1) is 0 Å². The third-order valence-corrected chi connectivity index (χ3v) is 4.35. The van der Waals surface area contributed by atoms with Gasteiger partial charge in [0, 0.05) is 12.1 Å². The van der Waals surface area contributed by atoms with Gasteiger partial charge in [-0.3, -0.25) is 4.90 Å². The molecular formula is C17H27FN2. The van der Waals surface area contributed by atoms with Crippen LogP contribution in [0.25, 0.3) is 0 Å². The number of hydrogen-bond acceptors (Lipinski definition) is 2. The van der Waals surface area contributed by atoms with E-state index >= 15 is 0 Å². The van der Waals surface area contributed by atoms with Gasteiger partial charge < -0.3 is 5.73 Å². The van der Waals surface area contributed by atoms with Gasteiger partial charge in [0.1, 0.15) is 5.82 Å². The second-order valence-corrected chi connectivity index (χ2v) is 5.88. The lowest BCUT2D eigenvalue weighted by atomic mass is 9.94. The van der Waals surface area contributed by atoms with E-state index in [9.17, 15) is 4.39 Å². The molecule has 20 heavy (non-hydrogen) atoms. The molecule has 0 aliphatic carbocycles. The summed E-state index contributed by atoms with van der Waals surface area (Å²) < 4.78 is 13.5. The predicted molar refractivity (Wildman–Crippen MR) is 82.1 cm³/mol. The lowest BCUT2D eigenvalue weighted by Crippen LogP contribution is -2.42. The first-order valence-electron chi connectivity index (χ1n) is 7.97. The summed E-state index contributed by atoms with van der Waals surface area (Å²) in [6, 6.07) is 7.18. The third-order valence-electron chi connectivity index (χ3n) is 4.35. The molecule has 0 aromatic heterocycles. The first kappa shape index (κ1) is 15.5. The number of nitrogens with zero attached hydrogens (tertiary/aromatic N) is 1. The number of hydrogen-bond donors (Lipinski definition) is 1. The standard InChI is InChI=1S/C17H27FN2/c1-2-16(19)17(14-9-8-10-15(18)13-14)20-11-6-4-3-5-7-12-20/h8-10,13,16-17H,2-7,11-12,19H2,1H3. The van der Waals surface area contributed by atoms with Gasteiger partial charge in [0.15, 0.2) is 0 Å². The van der Waals surface area contributed by atoms with Crippen LogP contribution in [0, 0.1) is 5.82 Å². The van der Waals surface area contributed by atoms with Crippen molar-refractivity contribution in [3.63, 3.8) is 0 Å². The van der Waals surface area contributed by atoms with Gasteiger partial charge in [0.05, 0.1) is 0 Å². The Balaban J connectivity index is 2.21. The predicted octanol–water partition coefficient (Wildman–Crippen LogP) is 3.87. The summed E-state index contributed by atoms with van der Waals surface area (Å²) in [5.41, 5.74) is 7.38. The molecule has 3 heteroatoms. The summed E-state index contributed by atoms with van der Waals surface area (Å²) >= 11 is 0. The van der Waals surface area contributed by atoms with Crippen LogP contribution in [0.15, 0.2) is 24.3 Å². The van der Waals surface area contributed by atoms with Crippen molar-refractivity contribution in [2.24, 2.45) is 5.73 Å². The van der Waals surface area contributed by atoms with Gasteiger partial charge in [-0.05, 0) is 50.0 Å². The van der Waals surface area contributed by atoms with Crippen LogP contribution in [0.1, 0.15) is 57.1 Å². The maximum absolute atomic E-state index is 13.5. The van der Waals surface area contributed by atoms with Crippen molar-refractivity contribution in [3.05, 3.63) is 35.6 Å². The molecule has 1 aliphatic heterocycles. The van der Waals surface area contributed by atoms with Crippen LogP contribution in [-0.4, -0.2) is 24.0 Å². The molecule has 1 saturated heterocycles. The van der Waals surface area contributed by atoms with E-state index in [1.54, 1.807) is 12.1 Å². The highest BCUT2D eigenvalue weighted by atomic mass is 19.1. The minimum absolute atomic E-state index is 0.0660. The summed E-state index contributed by atoms with van der Waals surface area (Å²) in [4.78, 5) is 2.47. The summed E-state index contributed by atoms with van der Waals surface area (Å²) in [5.74, 6) is -0.164. The Kier molecular flexibility index (Phi) is 5.99. The van der Waals surface area contributed by atoms with E-state index in [-0.39, 0.29) is 17.9 Å². The van der Waals surface area contributed by atoms with E-state index in [0.29, 0.717) is 0 Å². The van der Waals surface area contributed by atoms with E-state index in [2.05, 4.69) is 11.8 Å². The Morgan fingerprint density at radius 2 is 1.80 bits per heavy atom. The quantitative estimate of drug-likeness (QED) is 0.906. The van der Waals surface area contributed by atoms with Crippen LogP contribution in [0.5, 0.6) is 0 Å². The van der Waals surface area contributed by atoms with Crippen molar-refractivity contribution in [3.8, 4) is 0 Å². The SMILES string of the molecule is CCC(N)C(c1cccc(F)c1)N1CCCCCCC1. The second-order valence-electron chi connectivity index (χ2n) is 5.88. The topological polar surface area (TPSA) is 29.3 Å². The van der Waals surface area contributed by atoms with E-state index in [0.717, 1.165) is 25.1 Å². The van der Waals surface area contributed by atoms with E-state index in [1.165, 1.54) is 38.2 Å². The molecule has 2 unspecified atom stereocenters. The largest absolute Gasteiger partial charge is 0.326 e. The van der Waals surface area contributed by atoms with Crippen LogP contribution < -0.4 is 5.73 Å². The fraction of sp³-hybridized carbons (Fsp3) is 0.647. The maximum Gasteiger partial charge on any atom is 0.123 e. The minimum Gasteiger partial charge on any atom is -0.326 e. The molecule has 1 fully saturated rings. The molecule has 0 bridgehead atoms. The van der Waals surface area contributed by atoms with Crippen molar-refractivity contribution in [2.75, 3.05) is 13.1 Å². The number of rotatable bonds is 4. The first-order chi connectivity index (χ1) is 9.72. The average molecular weight is 278 g/mol. The monoisotopic (exact) mass is 278 g/mol. The van der Waals surface area contributed by atoms with Crippen LogP contribution >= 0.6 is 0 Å². The maximum atomic E-state index is 13.5. The molecule has 112 valence electrons. The Morgan fingerprint density at radius 3 is 2.40 bits per heavy atom. The van der Waals surface area contributed by atoms with Crippen LogP contribution in [0.3, 0.4) is 0 Å². The van der Waals surface area contributed by atoms with Crippen LogP contribution in [0.4, 0.5) is 4.39 Å². The van der Waals surface area contributed by atoms with Gasteiger partial charge in [-0.2, -0.15) is 0 Å². The van der Waals surface area contributed by atoms with Gasteiger partial charge in [0.25, 0.3) is 0 Å². The Bertz CT molecular complexity index is 400. The fourth-order valence-corrected chi connectivity index (χ4v) is 3.19. The van der Waals surface area contributed by atoms with Crippen molar-refractivity contribution in [2.45, 2.75) is 57.5 Å². The van der Waals surface area contributed by atoms with E-state index < -0.39 is 0 Å². The molecule has 1 aromatic carbocycles. The molecule has 2 atom stereocenters. The summed E-state index contributed by atoms with van der Waals surface area (Å²) in [6.45, 7) is 4.27. The highest BCUT2D eigenvalue weighted by Crippen LogP contribution is 2.28. The second kappa shape index (κ2) is 7.75. The highest BCUT2D eigenvalue weighted by Gasteiger charge is 2.26. The molecule has 0 radical (unpaired) electrons. The zero-order valence-electron chi connectivity index (χ0n) is 12.5. The zero-order valence-corrected chi connectivity index (χ0v) is 12.5. The first-order valence-corrected chi connectivity index (χ1v) is 7.97. The third kappa shape index (κ3) is 4.03. The molecule has 2 nitrogen and oxygen atoms in total. The molecule has 2 rings (SSSR count). The van der Waals surface area contributed by atoms with Crippen LogP contribution in [0.2, 0.25) is 0 Å². The molecule has 2 N–H and O–H groups in total. The van der Waals surface area contributed by atoms with E-state index in [4.69, 9.17) is 5.73 Å². The van der Waals surface area contributed by atoms with Gasteiger partial charge >= 0.3 is 0 Å².